The number of rotatable bonds is 7. The Labute approximate surface area is 109 Å². The number of hydrogen-bond acceptors (Lipinski definition) is 4. The van der Waals surface area contributed by atoms with E-state index < -0.39 is 0 Å². The maximum absolute atomic E-state index is 5.59. The van der Waals surface area contributed by atoms with E-state index in [1.165, 1.54) is 12.8 Å². The van der Waals surface area contributed by atoms with Gasteiger partial charge in [0.1, 0.15) is 0 Å². The van der Waals surface area contributed by atoms with Crippen LogP contribution in [-0.2, 0) is 9.47 Å². The van der Waals surface area contributed by atoms with E-state index >= 15 is 0 Å². The van der Waals surface area contributed by atoms with Crippen LogP contribution in [0.1, 0.15) is 25.7 Å². The lowest BCUT2D eigenvalue weighted by atomic mass is 10.3. The minimum absolute atomic E-state index is 0.406. The zero-order valence-corrected chi connectivity index (χ0v) is 11.5. The molecule has 0 radical (unpaired) electrons. The molecule has 6 nitrogen and oxygen atoms in total. The maximum atomic E-state index is 5.59. The number of nitrogens with two attached hydrogens (primary N) is 1. The third-order valence-corrected chi connectivity index (χ3v) is 3.19. The van der Waals surface area contributed by atoms with Gasteiger partial charge in [0, 0.05) is 27.3 Å². The number of ether oxygens (including phenoxy) is 2. The highest BCUT2D eigenvalue weighted by Crippen LogP contribution is 2.21. The minimum Gasteiger partial charge on any atom is -0.383 e. The fraction of sp³-hybridized carbons (Fsp3) is 0.917. The van der Waals surface area contributed by atoms with Crippen LogP contribution in [0.3, 0.4) is 0 Å². The SMILES string of the molecule is COCCN(CCOC)C(=NC1CCCC1)NN. The van der Waals surface area contributed by atoms with Gasteiger partial charge in [-0.1, -0.05) is 12.8 Å². The topological polar surface area (TPSA) is 72.1 Å². The van der Waals surface area contributed by atoms with Crippen molar-refractivity contribution in [2.24, 2.45) is 10.8 Å². The maximum Gasteiger partial charge on any atom is 0.208 e. The van der Waals surface area contributed by atoms with Crippen LogP contribution < -0.4 is 11.3 Å². The molecule has 0 aliphatic heterocycles. The molecule has 1 saturated carbocycles. The summed E-state index contributed by atoms with van der Waals surface area (Å²) in [5, 5.41) is 0. The van der Waals surface area contributed by atoms with Crippen molar-refractivity contribution in [2.45, 2.75) is 31.7 Å². The van der Waals surface area contributed by atoms with Crippen molar-refractivity contribution in [2.75, 3.05) is 40.5 Å². The first-order chi connectivity index (χ1) is 8.81. The normalized spacial score (nSPS) is 17.2. The van der Waals surface area contributed by atoms with Gasteiger partial charge in [0.15, 0.2) is 0 Å². The molecule has 0 amide bonds. The Morgan fingerprint density at radius 3 is 2.22 bits per heavy atom. The summed E-state index contributed by atoms with van der Waals surface area (Å²) in [5.41, 5.74) is 2.71. The molecule has 6 heteroatoms. The second-order valence-electron chi connectivity index (χ2n) is 4.51. The molecule has 1 fully saturated rings. The van der Waals surface area contributed by atoms with Gasteiger partial charge in [0.25, 0.3) is 0 Å². The first kappa shape index (κ1) is 15.2. The molecule has 0 aromatic heterocycles. The molecule has 3 N–H and O–H groups in total. The van der Waals surface area contributed by atoms with E-state index in [1.807, 2.05) is 0 Å². The van der Waals surface area contributed by atoms with Gasteiger partial charge in [-0.2, -0.15) is 0 Å². The highest BCUT2D eigenvalue weighted by Gasteiger charge is 2.17. The van der Waals surface area contributed by atoms with Crippen molar-refractivity contribution in [1.29, 1.82) is 0 Å². The molecule has 0 unspecified atom stereocenters. The van der Waals surface area contributed by atoms with Crippen LogP contribution in [0.2, 0.25) is 0 Å². The number of hydrogen-bond donors (Lipinski definition) is 2. The molecule has 0 saturated heterocycles. The van der Waals surface area contributed by atoms with Crippen molar-refractivity contribution in [3.63, 3.8) is 0 Å². The summed E-state index contributed by atoms with van der Waals surface area (Å²) in [6, 6.07) is 0.406. The smallest absolute Gasteiger partial charge is 0.208 e. The lowest BCUT2D eigenvalue weighted by Crippen LogP contribution is -2.47. The van der Waals surface area contributed by atoms with Crippen molar-refractivity contribution < 1.29 is 9.47 Å². The Morgan fingerprint density at radius 1 is 1.22 bits per heavy atom. The predicted octanol–water partition coefficient (Wildman–Crippen LogP) is 0.343. The monoisotopic (exact) mass is 258 g/mol. The van der Waals surface area contributed by atoms with Crippen LogP contribution in [0.15, 0.2) is 4.99 Å². The third kappa shape index (κ3) is 5.20. The lowest BCUT2D eigenvalue weighted by Gasteiger charge is -2.25. The molecular weight excluding hydrogens is 232 g/mol. The summed E-state index contributed by atoms with van der Waals surface area (Å²) < 4.78 is 10.2. The standard InChI is InChI=1S/C12H26N4O2/c1-17-9-7-16(8-10-18-2)12(15-13)14-11-5-3-4-6-11/h11H,3-10,13H2,1-2H3,(H,14,15). The van der Waals surface area contributed by atoms with Crippen molar-refractivity contribution in [3.05, 3.63) is 0 Å². The molecular formula is C12H26N4O2. The van der Waals surface area contributed by atoms with Crippen LogP contribution in [0.4, 0.5) is 0 Å². The average Bonchev–Trinajstić information content (AvgIpc) is 2.89. The Kier molecular flexibility index (Phi) is 7.71. The summed E-state index contributed by atoms with van der Waals surface area (Å²) in [5.74, 6) is 6.34. The van der Waals surface area contributed by atoms with E-state index in [2.05, 4.69) is 10.3 Å². The van der Waals surface area contributed by atoms with E-state index in [-0.39, 0.29) is 0 Å². The molecule has 0 aromatic rings. The zero-order valence-electron chi connectivity index (χ0n) is 11.5. The summed E-state index contributed by atoms with van der Waals surface area (Å²) in [4.78, 5) is 6.77. The number of nitrogens with one attached hydrogen (secondary N) is 1. The molecule has 106 valence electrons. The Bertz CT molecular complexity index is 234. The Morgan fingerprint density at radius 2 is 1.78 bits per heavy atom. The van der Waals surface area contributed by atoms with E-state index in [0.717, 1.165) is 31.9 Å². The van der Waals surface area contributed by atoms with E-state index in [0.29, 0.717) is 19.3 Å². The fourth-order valence-electron chi connectivity index (χ4n) is 2.14. The number of guanidine groups is 1. The second kappa shape index (κ2) is 9.13. The molecule has 0 aromatic carbocycles. The number of hydrazine groups is 1. The third-order valence-electron chi connectivity index (χ3n) is 3.19. The largest absolute Gasteiger partial charge is 0.383 e. The molecule has 0 atom stereocenters. The zero-order chi connectivity index (χ0) is 13.2. The predicted molar refractivity (Wildman–Crippen MR) is 72.3 cm³/mol. The van der Waals surface area contributed by atoms with Crippen LogP contribution in [0, 0.1) is 0 Å². The van der Waals surface area contributed by atoms with Crippen molar-refractivity contribution in [3.8, 4) is 0 Å². The van der Waals surface area contributed by atoms with Crippen LogP contribution in [0.5, 0.6) is 0 Å². The molecule has 0 bridgehead atoms. The lowest BCUT2D eigenvalue weighted by molar-refractivity contribution is 0.144. The van der Waals surface area contributed by atoms with Crippen LogP contribution in [0.25, 0.3) is 0 Å². The second-order valence-corrected chi connectivity index (χ2v) is 4.51. The first-order valence-corrected chi connectivity index (χ1v) is 6.59. The van der Waals surface area contributed by atoms with Crippen LogP contribution >= 0.6 is 0 Å². The average molecular weight is 258 g/mol. The van der Waals surface area contributed by atoms with Gasteiger partial charge in [-0.25, -0.2) is 10.8 Å². The van der Waals surface area contributed by atoms with Gasteiger partial charge in [-0.15, -0.1) is 0 Å². The van der Waals surface area contributed by atoms with E-state index in [4.69, 9.17) is 20.3 Å². The van der Waals surface area contributed by atoms with E-state index in [1.54, 1.807) is 14.2 Å². The number of aliphatic imine (C=N–C) groups is 1. The van der Waals surface area contributed by atoms with Crippen LogP contribution in [-0.4, -0.2) is 57.4 Å². The molecule has 1 rings (SSSR count). The molecule has 0 spiro atoms. The van der Waals surface area contributed by atoms with Gasteiger partial charge in [0.05, 0.1) is 19.3 Å². The van der Waals surface area contributed by atoms with Gasteiger partial charge in [-0.05, 0) is 12.8 Å². The van der Waals surface area contributed by atoms with Gasteiger partial charge >= 0.3 is 0 Å². The van der Waals surface area contributed by atoms with Gasteiger partial charge in [0.2, 0.25) is 5.96 Å². The highest BCUT2D eigenvalue weighted by atomic mass is 16.5. The Hall–Kier alpha value is -0.850. The molecule has 18 heavy (non-hydrogen) atoms. The summed E-state index contributed by atoms with van der Waals surface area (Å²) in [6.45, 7) is 2.81. The molecule has 0 heterocycles. The molecule has 1 aliphatic rings. The minimum atomic E-state index is 0.406. The van der Waals surface area contributed by atoms with Crippen molar-refractivity contribution in [1.82, 2.24) is 10.3 Å². The Balaban J connectivity index is 2.58. The number of nitrogens with zero attached hydrogens (tertiary/aromatic N) is 2. The summed E-state index contributed by atoms with van der Waals surface area (Å²) in [7, 11) is 3.39. The first-order valence-electron chi connectivity index (χ1n) is 6.59. The molecule has 1 aliphatic carbocycles. The quantitative estimate of drug-likeness (QED) is 0.298. The van der Waals surface area contributed by atoms with Gasteiger partial charge in [-0.3, -0.25) is 5.43 Å². The number of methoxy groups -OCH3 is 2. The van der Waals surface area contributed by atoms with E-state index in [9.17, 15) is 0 Å². The highest BCUT2D eigenvalue weighted by molar-refractivity contribution is 5.79. The van der Waals surface area contributed by atoms with Crippen molar-refractivity contribution >= 4 is 5.96 Å². The summed E-state index contributed by atoms with van der Waals surface area (Å²) >= 11 is 0. The van der Waals surface area contributed by atoms with Gasteiger partial charge < -0.3 is 14.4 Å². The fourth-order valence-corrected chi connectivity index (χ4v) is 2.14. The summed E-state index contributed by atoms with van der Waals surface area (Å²) in [6.07, 6.45) is 4.85.